The zero-order valence-corrected chi connectivity index (χ0v) is 18.0. The summed E-state index contributed by atoms with van der Waals surface area (Å²) in [6.45, 7) is 10.5. The number of thiophene rings is 1. The van der Waals surface area contributed by atoms with E-state index >= 15 is 0 Å². The number of furan rings is 1. The molecule has 0 radical (unpaired) electrons. The molecule has 6 heteroatoms. The van der Waals surface area contributed by atoms with Crippen LogP contribution in [0.1, 0.15) is 47.9 Å². The molecule has 0 fully saturated rings. The highest BCUT2D eigenvalue weighted by molar-refractivity contribution is 7.09. The largest absolute Gasteiger partial charge is 0.467 e. The molecule has 5 nitrogen and oxygen atoms in total. The van der Waals surface area contributed by atoms with Gasteiger partial charge in [0.1, 0.15) is 5.76 Å². The maximum atomic E-state index is 13.0. The van der Waals surface area contributed by atoms with Gasteiger partial charge in [-0.3, -0.25) is 9.48 Å². The minimum absolute atomic E-state index is 0.139. The van der Waals surface area contributed by atoms with Crippen LogP contribution in [0.4, 0.5) is 0 Å². The van der Waals surface area contributed by atoms with Crippen LogP contribution in [-0.4, -0.2) is 20.6 Å². The lowest BCUT2D eigenvalue weighted by molar-refractivity contribution is -0.132. The van der Waals surface area contributed by atoms with Gasteiger partial charge in [-0.05, 0) is 55.3 Å². The molecule has 0 aliphatic rings. The van der Waals surface area contributed by atoms with Crippen molar-refractivity contribution < 1.29 is 9.21 Å². The summed E-state index contributed by atoms with van der Waals surface area (Å²) in [4.78, 5) is 16.1. The first kappa shape index (κ1) is 20.4. The van der Waals surface area contributed by atoms with Crippen LogP contribution in [0, 0.1) is 19.8 Å². The minimum Gasteiger partial charge on any atom is -0.467 e. The Hall–Kier alpha value is -2.34. The van der Waals surface area contributed by atoms with Crippen molar-refractivity contribution in [1.82, 2.24) is 14.7 Å². The number of aromatic nitrogens is 2. The molecule has 0 bridgehead atoms. The monoisotopic (exact) mass is 399 g/mol. The number of hydrogen-bond acceptors (Lipinski definition) is 4. The number of nitrogens with zero attached hydrogens (tertiary/aromatic N) is 3. The van der Waals surface area contributed by atoms with Crippen molar-refractivity contribution in [3.8, 4) is 0 Å². The van der Waals surface area contributed by atoms with Gasteiger partial charge in [-0.2, -0.15) is 5.10 Å². The number of hydrogen-bond donors (Lipinski definition) is 0. The Morgan fingerprint density at radius 3 is 2.71 bits per heavy atom. The van der Waals surface area contributed by atoms with Crippen molar-refractivity contribution in [2.75, 3.05) is 0 Å². The smallest absolute Gasteiger partial charge is 0.223 e. The maximum absolute atomic E-state index is 13.0. The second-order valence-corrected chi connectivity index (χ2v) is 8.67. The molecule has 0 saturated carbocycles. The van der Waals surface area contributed by atoms with Crippen LogP contribution in [0.25, 0.3) is 0 Å². The van der Waals surface area contributed by atoms with Gasteiger partial charge >= 0.3 is 0 Å². The number of amides is 1. The molecular weight excluding hydrogens is 370 g/mol. The third-order valence-corrected chi connectivity index (χ3v) is 5.73. The highest BCUT2D eigenvalue weighted by Crippen LogP contribution is 2.19. The first-order chi connectivity index (χ1) is 13.4. The number of carbonyl (C=O) groups is 1. The molecule has 28 heavy (non-hydrogen) atoms. The van der Waals surface area contributed by atoms with Crippen LogP contribution in [0.15, 0.2) is 40.3 Å². The summed E-state index contributed by atoms with van der Waals surface area (Å²) in [6, 6.07) is 7.86. The van der Waals surface area contributed by atoms with Crippen LogP contribution in [0.2, 0.25) is 0 Å². The van der Waals surface area contributed by atoms with E-state index in [1.54, 1.807) is 17.6 Å². The normalized spacial score (nSPS) is 11.3. The van der Waals surface area contributed by atoms with Crippen molar-refractivity contribution >= 4 is 17.2 Å². The fourth-order valence-electron chi connectivity index (χ4n) is 3.42. The Bertz CT molecular complexity index is 843. The van der Waals surface area contributed by atoms with Crippen molar-refractivity contribution in [2.24, 2.45) is 5.92 Å². The van der Waals surface area contributed by atoms with E-state index in [1.807, 2.05) is 35.4 Å². The van der Waals surface area contributed by atoms with E-state index in [2.05, 4.69) is 36.6 Å². The van der Waals surface area contributed by atoms with Gasteiger partial charge in [-0.1, -0.05) is 19.9 Å². The highest BCUT2D eigenvalue weighted by atomic mass is 32.1. The maximum Gasteiger partial charge on any atom is 0.223 e. The molecule has 1 amide bonds. The molecule has 0 N–H and O–H groups in total. The summed E-state index contributed by atoms with van der Waals surface area (Å²) < 4.78 is 7.55. The predicted octanol–water partition coefficient (Wildman–Crippen LogP) is 4.97. The summed E-state index contributed by atoms with van der Waals surface area (Å²) in [6.07, 6.45) is 2.84. The van der Waals surface area contributed by atoms with Gasteiger partial charge < -0.3 is 9.32 Å². The Morgan fingerprint density at radius 1 is 1.25 bits per heavy atom. The van der Waals surface area contributed by atoms with Crippen LogP contribution in [0.3, 0.4) is 0 Å². The SMILES string of the molecule is Cc1nn(CC(C)C)c(C)c1CCC(=O)N(Cc1ccco1)Cc1cccs1. The minimum atomic E-state index is 0.139. The van der Waals surface area contributed by atoms with Crippen LogP contribution in [0.5, 0.6) is 0 Å². The lowest BCUT2D eigenvalue weighted by Crippen LogP contribution is -2.30. The lowest BCUT2D eigenvalue weighted by Gasteiger charge is -2.21. The van der Waals surface area contributed by atoms with E-state index < -0.39 is 0 Å². The molecule has 3 aromatic heterocycles. The van der Waals surface area contributed by atoms with Gasteiger partial charge in [0, 0.05) is 23.5 Å². The molecule has 0 atom stereocenters. The Balaban J connectivity index is 1.69. The van der Waals surface area contributed by atoms with Crippen molar-refractivity contribution in [2.45, 2.75) is 60.2 Å². The molecule has 0 unspecified atom stereocenters. The molecule has 0 spiro atoms. The molecule has 0 aliphatic heterocycles. The Kier molecular flexibility index (Phi) is 6.73. The fourth-order valence-corrected chi connectivity index (χ4v) is 4.14. The van der Waals surface area contributed by atoms with Crippen molar-refractivity contribution in [1.29, 1.82) is 0 Å². The van der Waals surface area contributed by atoms with E-state index in [-0.39, 0.29) is 5.91 Å². The topological polar surface area (TPSA) is 51.3 Å². The molecule has 0 aromatic carbocycles. The van der Waals surface area contributed by atoms with E-state index in [1.165, 1.54) is 16.1 Å². The van der Waals surface area contributed by atoms with Crippen LogP contribution in [-0.2, 0) is 30.8 Å². The third kappa shape index (κ3) is 5.13. The molecule has 150 valence electrons. The van der Waals surface area contributed by atoms with Crippen molar-refractivity contribution in [3.05, 3.63) is 63.5 Å². The van der Waals surface area contributed by atoms with Gasteiger partial charge in [0.25, 0.3) is 0 Å². The van der Waals surface area contributed by atoms with Gasteiger partial charge in [0.15, 0.2) is 0 Å². The van der Waals surface area contributed by atoms with Crippen LogP contribution >= 0.6 is 11.3 Å². The van der Waals surface area contributed by atoms with E-state index in [0.29, 0.717) is 31.8 Å². The fraction of sp³-hybridized carbons (Fsp3) is 0.455. The second-order valence-electron chi connectivity index (χ2n) is 7.63. The standard InChI is InChI=1S/C22H29N3O2S/c1-16(2)13-25-18(4)21(17(3)23-25)9-10-22(26)24(14-19-7-5-11-27-19)15-20-8-6-12-28-20/h5-8,11-12,16H,9-10,13-15H2,1-4H3. The predicted molar refractivity (Wildman–Crippen MR) is 112 cm³/mol. The van der Waals surface area contributed by atoms with E-state index in [4.69, 9.17) is 4.42 Å². The number of carbonyl (C=O) groups excluding carboxylic acids is 1. The summed E-state index contributed by atoms with van der Waals surface area (Å²) in [5.41, 5.74) is 3.40. The summed E-state index contributed by atoms with van der Waals surface area (Å²) >= 11 is 1.67. The number of rotatable bonds is 9. The average molecular weight is 400 g/mol. The van der Waals surface area contributed by atoms with Crippen LogP contribution < -0.4 is 0 Å². The Morgan fingerprint density at radius 2 is 2.07 bits per heavy atom. The summed E-state index contributed by atoms with van der Waals surface area (Å²) in [7, 11) is 0. The quantitative estimate of drug-likeness (QED) is 0.510. The molecule has 3 aromatic rings. The van der Waals surface area contributed by atoms with E-state index in [9.17, 15) is 4.79 Å². The first-order valence-corrected chi connectivity index (χ1v) is 10.7. The van der Waals surface area contributed by atoms with Gasteiger partial charge in [0.2, 0.25) is 5.91 Å². The summed E-state index contributed by atoms with van der Waals surface area (Å²) in [5.74, 6) is 1.49. The Labute approximate surface area is 171 Å². The second kappa shape index (κ2) is 9.24. The molecule has 3 rings (SSSR count). The van der Waals surface area contributed by atoms with E-state index in [0.717, 1.165) is 18.0 Å². The first-order valence-electron chi connectivity index (χ1n) is 9.79. The number of aryl methyl sites for hydroxylation is 1. The average Bonchev–Trinajstić information content (AvgIpc) is 3.37. The highest BCUT2D eigenvalue weighted by Gasteiger charge is 2.19. The third-order valence-electron chi connectivity index (χ3n) is 4.86. The molecule has 0 saturated heterocycles. The van der Waals surface area contributed by atoms with Gasteiger partial charge in [-0.15, -0.1) is 11.3 Å². The molecular formula is C22H29N3O2S. The lowest BCUT2D eigenvalue weighted by atomic mass is 10.1. The summed E-state index contributed by atoms with van der Waals surface area (Å²) in [5, 5.41) is 6.72. The van der Waals surface area contributed by atoms with Crippen molar-refractivity contribution in [3.63, 3.8) is 0 Å². The zero-order valence-electron chi connectivity index (χ0n) is 17.1. The zero-order chi connectivity index (χ0) is 20.1. The molecule has 3 heterocycles. The van der Waals surface area contributed by atoms with Gasteiger partial charge in [-0.25, -0.2) is 0 Å². The molecule has 0 aliphatic carbocycles. The van der Waals surface area contributed by atoms with Gasteiger partial charge in [0.05, 0.1) is 25.0 Å².